The lowest BCUT2D eigenvalue weighted by Gasteiger charge is -2.37. The van der Waals surface area contributed by atoms with Gasteiger partial charge < -0.3 is 10.1 Å². The van der Waals surface area contributed by atoms with Crippen molar-refractivity contribution in [1.82, 2.24) is 5.32 Å². The largest absolute Gasteiger partial charge is 0.466 e. The van der Waals surface area contributed by atoms with Crippen molar-refractivity contribution in [3.63, 3.8) is 0 Å². The first-order chi connectivity index (χ1) is 13.4. The van der Waals surface area contributed by atoms with Crippen LogP contribution >= 0.6 is 27.3 Å². The number of ether oxygens (including phenoxy) is 1. The van der Waals surface area contributed by atoms with Gasteiger partial charge in [0.25, 0.3) is 0 Å². The highest BCUT2D eigenvalue weighted by Crippen LogP contribution is 2.47. The molecular formula is C22H22BrNO3S. The molecule has 28 heavy (non-hydrogen) atoms. The summed E-state index contributed by atoms with van der Waals surface area (Å²) in [6.07, 6.45) is 3.26. The SMILES string of the molecule is COC(=O)C1=C(C2CCC2)NC(C)=C(C(C)=O)C1c1csc2c(Br)cccc12. The highest BCUT2D eigenvalue weighted by atomic mass is 79.9. The van der Waals surface area contributed by atoms with Gasteiger partial charge in [-0.1, -0.05) is 18.6 Å². The average molecular weight is 460 g/mol. The summed E-state index contributed by atoms with van der Waals surface area (Å²) in [6, 6.07) is 6.05. The maximum atomic E-state index is 12.9. The summed E-state index contributed by atoms with van der Waals surface area (Å²) in [5.41, 5.74) is 3.98. The second-order valence-corrected chi connectivity index (χ2v) is 9.14. The zero-order chi connectivity index (χ0) is 20.0. The first-order valence-corrected chi connectivity index (χ1v) is 11.1. The predicted molar refractivity (Wildman–Crippen MR) is 115 cm³/mol. The van der Waals surface area contributed by atoms with Crippen LogP contribution in [0.2, 0.25) is 0 Å². The summed E-state index contributed by atoms with van der Waals surface area (Å²) < 4.78 is 7.32. The van der Waals surface area contributed by atoms with Crippen LogP contribution in [-0.4, -0.2) is 18.9 Å². The Hall–Kier alpha value is -1.92. The van der Waals surface area contributed by atoms with Gasteiger partial charge >= 0.3 is 5.97 Å². The summed E-state index contributed by atoms with van der Waals surface area (Å²) in [7, 11) is 1.41. The van der Waals surface area contributed by atoms with Gasteiger partial charge in [-0.25, -0.2) is 4.79 Å². The fourth-order valence-electron chi connectivity index (χ4n) is 4.25. The Labute approximate surface area is 176 Å². The molecule has 4 rings (SSSR count). The minimum atomic E-state index is -0.412. The van der Waals surface area contributed by atoms with Crippen LogP contribution in [0.3, 0.4) is 0 Å². The number of allylic oxidation sites excluding steroid dienone is 3. The van der Waals surface area contributed by atoms with E-state index in [-0.39, 0.29) is 11.8 Å². The van der Waals surface area contributed by atoms with Crippen LogP contribution in [0.25, 0.3) is 10.1 Å². The third kappa shape index (κ3) is 3.03. The molecule has 0 radical (unpaired) electrons. The van der Waals surface area contributed by atoms with Crippen LogP contribution in [0.5, 0.6) is 0 Å². The van der Waals surface area contributed by atoms with E-state index in [0.29, 0.717) is 17.1 Å². The standard InChI is InChI=1S/C22H22BrNO3S/c1-11-17(12(2)25)18(15-10-28-21-14(15)8-5-9-16(21)23)19(22(26)27-3)20(24-11)13-6-4-7-13/h5,8-10,13,18,24H,4,6-7H2,1-3H3. The number of methoxy groups -OCH3 is 1. The van der Waals surface area contributed by atoms with E-state index >= 15 is 0 Å². The molecule has 1 aromatic carbocycles. The van der Waals surface area contributed by atoms with Gasteiger partial charge in [0.05, 0.1) is 12.7 Å². The Morgan fingerprint density at radius 1 is 1.25 bits per heavy atom. The number of hydrogen-bond donors (Lipinski definition) is 1. The Balaban J connectivity index is 2.00. The number of hydrogen-bond acceptors (Lipinski definition) is 5. The molecule has 1 N–H and O–H groups in total. The van der Waals surface area contributed by atoms with Crippen molar-refractivity contribution in [2.75, 3.05) is 7.11 Å². The molecule has 4 nitrogen and oxygen atoms in total. The highest BCUT2D eigenvalue weighted by molar-refractivity contribution is 9.10. The molecule has 2 aliphatic rings. The van der Waals surface area contributed by atoms with E-state index in [1.165, 1.54) is 7.11 Å². The summed E-state index contributed by atoms with van der Waals surface area (Å²) in [4.78, 5) is 25.6. The number of halogens is 1. The van der Waals surface area contributed by atoms with Crippen molar-refractivity contribution in [2.45, 2.75) is 39.0 Å². The number of rotatable bonds is 4. The summed E-state index contributed by atoms with van der Waals surface area (Å²) in [6.45, 7) is 3.50. The van der Waals surface area contributed by atoms with E-state index in [1.807, 2.05) is 19.1 Å². The lowest BCUT2D eigenvalue weighted by atomic mass is 9.73. The number of ketones is 1. The van der Waals surface area contributed by atoms with Crippen LogP contribution in [-0.2, 0) is 14.3 Å². The summed E-state index contributed by atoms with van der Waals surface area (Å²) in [5, 5.41) is 6.53. The smallest absolute Gasteiger partial charge is 0.336 e. The fraction of sp³-hybridized carbons (Fsp3) is 0.364. The molecular weight excluding hydrogens is 438 g/mol. The zero-order valence-electron chi connectivity index (χ0n) is 16.1. The Kier molecular flexibility index (Phi) is 5.19. The van der Waals surface area contributed by atoms with Gasteiger partial charge in [-0.15, -0.1) is 11.3 Å². The van der Waals surface area contributed by atoms with Crippen molar-refractivity contribution >= 4 is 49.1 Å². The molecule has 0 saturated heterocycles. The number of thiophene rings is 1. The Morgan fingerprint density at radius 3 is 2.61 bits per heavy atom. The molecule has 1 aliphatic heterocycles. The maximum Gasteiger partial charge on any atom is 0.336 e. The average Bonchev–Trinajstić information content (AvgIpc) is 3.04. The summed E-state index contributed by atoms with van der Waals surface area (Å²) in [5.74, 6) is -0.486. The number of carbonyl (C=O) groups excluding carboxylic acids is 2. The molecule has 0 amide bonds. The van der Waals surface area contributed by atoms with Gasteiger partial charge in [-0.05, 0) is 70.9 Å². The molecule has 1 aromatic heterocycles. The number of fused-ring (bicyclic) bond motifs is 1. The molecule has 146 valence electrons. The first kappa shape index (κ1) is 19.4. The molecule has 1 unspecified atom stereocenters. The predicted octanol–water partition coefficient (Wildman–Crippen LogP) is 5.44. The Morgan fingerprint density at radius 2 is 2.00 bits per heavy atom. The van der Waals surface area contributed by atoms with Gasteiger partial charge in [0, 0.05) is 32.1 Å². The van der Waals surface area contributed by atoms with E-state index in [1.54, 1.807) is 18.3 Å². The number of carbonyl (C=O) groups is 2. The number of esters is 1. The number of Topliss-reactive ketones (excluding diaryl/α,β-unsaturated/α-hetero) is 1. The van der Waals surface area contributed by atoms with Crippen molar-refractivity contribution in [3.05, 3.63) is 56.2 Å². The highest BCUT2D eigenvalue weighted by Gasteiger charge is 2.40. The third-order valence-electron chi connectivity index (χ3n) is 5.78. The maximum absolute atomic E-state index is 12.9. The van der Waals surface area contributed by atoms with E-state index in [4.69, 9.17) is 4.74 Å². The molecule has 2 aromatic rings. The number of dihydropyridines is 1. The van der Waals surface area contributed by atoms with Crippen LogP contribution in [0.1, 0.15) is 44.6 Å². The van der Waals surface area contributed by atoms with Crippen LogP contribution < -0.4 is 5.32 Å². The normalized spacial score (nSPS) is 20.2. The lowest BCUT2D eigenvalue weighted by molar-refractivity contribution is -0.136. The van der Waals surface area contributed by atoms with E-state index in [0.717, 1.165) is 50.8 Å². The Bertz CT molecular complexity index is 1050. The molecule has 1 saturated carbocycles. The van der Waals surface area contributed by atoms with E-state index in [2.05, 4.69) is 32.7 Å². The minimum Gasteiger partial charge on any atom is -0.466 e. The van der Waals surface area contributed by atoms with Gasteiger partial charge in [-0.2, -0.15) is 0 Å². The molecule has 1 fully saturated rings. The van der Waals surface area contributed by atoms with Crippen LogP contribution in [0.4, 0.5) is 0 Å². The molecule has 1 atom stereocenters. The van der Waals surface area contributed by atoms with Gasteiger partial charge in [-0.3, -0.25) is 4.79 Å². The van der Waals surface area contributed by atoms with Crippen molar-refractivity contribution in [3.8, 4) is 0 Å². The van der Waals surface area contributed by atoms with Crippen molar-refractivity contribution in [2.24, 2.45) is 5.92 Å². The van der Waals surface area contributed by atoms with Crippen molar-refractivity contribution < 1.29 is 14.3 Å². The van der Waals surface area contributed by atoms with Crippen molar-refractivity contribution in [1.29, 1.82) is 0 Å². The monoisotopic (exact) mass is 459 g/mol. The van der Waals surface area contributed by atoms with Gasteiger partial charge in [0.15, 0.2) is 5.78 Å². The lowest BCUT2D eigenvalue weighted by Crippen LogP contribution is -2.36. The second kappa shape index (κ2) is 7.48. The van der Waals surface area contributed by atoms with Gasteiger partial charge in [0.1, 0.15) is 0 Å². The first-order valence-electron chi connectivity index (χ1n) is 9.40. The minimum absolute atomic E-state index is 0.0293. The molecule has 6 heteroatoms. The van der Waals surface area contributed by atoms with Crippen LogP contribution in [0, 0.1) is 5.92 Å². The van der Waals surface area contributed by atoms with Gasteiger partial charge in [0.2, 0.25) is 0 Å². The zero-order valence-corrected chi connectivity index (χ0v) is 18.5. The second-order valence-electron chi connectivity index (χ2n) is 7.41. The third-order valence-corrected chi connectivity index (χ3v) is 7.76. The molecule has 0 bridgehead atoms. The fourth-order valence-corrected chi connectivity index (χ4v) is 5.90. The van der Waals surface area contributed by atoms with E-state index in [9.17, 15) is 9.59 Å². The number of benzene rings is 1. The van der Waals surface area contributed by atoms with E-state index < -0.39 is 5.92 Å². The molecule has 1 aliphatic carbocycles. The topological polar surface area (TPSA) is 55.4 Å². The summed E-state index contributed by atoms with van der Waals surface area (Å²) >= 11 is 5.24. The molecule has 2 heterocycles. The quantitative estimate of drug-likeness (QED) is 0.618. The number of nitrogens with one attached hydrogen (secondary N) is 1. The molecule has 0 spiro atoms. The van der Waals surface area contributed by atoms with Crippen LogP contribution in [0.15, 0.2) is 50.6 Å².